The van der Waals surface area contributed by atoms with Crippen molar-refractivity contribution in [2.24, 2.45) is 0 Å². The molecule has 1 aliphatic carbocycles. The minimum Gasteiger partial charge on any atom is -0.352 e. The van der Waals surface area contributed by atoms with Crippen LogP contribution in [0.15, 0.2) is 59.5 Å². The Balaban J connectivity index is 1.69. The van der Waals surface area contributed by atoms with E-state index < -0.39 is 6.04 Å². The maximum Gasteiger partial charge on any atom is 0.243 e. The summed E-state index contributed by atoms with van der Waals surface area (Å²) in [5.41, 5.74) is 0.819. The fraction of sp³-hybridized carbons (Fsp3) is 0.462. The number of carbonyl (C=O) groups excluding carboxylic acids is 2. The normalized spacial score (nSPS) is 15.2. The molecule has 0 bridgehead atoms. The Morgan fingerprint density at radius 2 is 1.75 bits per heavy atom. The fourth-order valence-corrected chi connectivity index (χ4v) is 5.03. The molecule has 3 rings (SSSR count). The third-order valence-corrected chi connectivity index (χ3v) is 6.95. The van der Waals surface area contributed by atoms with Crippen molar-refractivity contribution >= 4 is 23.6 Å². The average molecular weight is 457 g/mol. The van der Waals surface area contributed by atoms with Crippen molar-refractivity contribution < 1.29 is 14.0 Å². The van der Waals surface area contributed by atoms with Gasteiger partial charge in [-0.3, -0.25) is 9.59 Å². The van der Waals surface area contributed by atoms with Crippen LogP contribution in [0.2, 0.25) is 0 Å². The molecule has 2 amide bonds. The van der Waals surface area contributed by atoms with Crippen LogP contribution in [-0.4, -0.2) is 34.6 Å². The molecule has 2 aromatic carbocycles. The Labute approximate surface area is 195 Å². The third kappa shape index (κ3) is 7.37. The molecule has 1 N–H and O–H groups in total. The van der Waals surface area contributed by atoms with Gasteiger partial charge in [0.05, 0.1) is 0 Å². The second-order valence-corrected chi connectivity index (χ2v) is 9.50. The van der Waals surface area contributed by atoms with E-state index in [1.165, 1.54) is 18.6 Å². The molecule has 0 saturated heterocycles. The summed E-state index contributed by atoms with van der Waals surface area (Å²) in [6.45, 7) is 2.24. The summed E-state index contributed by atoms with van der Waals surface area (Å²) in [5.74, 6) is 0.200. The lowest BCUT2D eigenvalue weighted by atomic mass is 9.95. The van der Waals surface area contributed by atoms with Gasteiger partial charge in [0.2, 0.25) is 11.8 Å². The van der Waals surface area contributed by atoms with E-state index in [0.717, 1.165) is 36.1 Å². The van der Waals surface area contributed by atoms with Crippen LogP contribution in [0.1, 0.15) is 57.4 Å². The Kier molecular flexibility index (Phi) is 9.60. The zero-order valence-electron chi connectivity index (χ0n) is 18.8. The number of nitrogens with zero attached hydrogens (tertiary/aromatic N) is 1. The maximum atomic E-state index is 13.4. The summed E-state index contributed by atoms with van der Waals surface area (Å²) in [6.07, 6.45) is 6.38. The van der Waals surface area contributed by atoms with E-state index >= 15 is 0 Å². The molecule has 1 aliphatic rings. The molecule has 172 valence electrons. The minimum absolute atomic E-state index is 0.0524. The number of thioether (sulfide) groups is 1. The van der Waals surface area contributed by atoms with Gasteiger partial charge in [0.1, 0.15) is 11.9 Å². The summed E-state index contributed by atoms with van der Waals surface area (Å²) in [5, 5.41) is 3.18. The van der Waals surface area contributed by atoms with E-state index in [2.05, 4.69) is 5.32 Å². The van der Waals surface area contributed by atoms with Gasteiger partial charge in [-0.25, -0.2) is 4.39 Å². The standard InChI is InChI=1S/C26H33FN2O2S/c1-2-24(26(31)28-22-9-5-3-6-10-22)29(19-20-13-15-21(27)16-14-20)25(30)17-18-32-23-11-7-4-8-12-23/h4,7-8,11-16,22,24H,2-3,5-6,9-10,17-19H2,1H3,(H,28,31)/t24-/m0/s1. The first-order valence-corrected chi connectivity index (χ1v) is 12.6. The van der Waals surface area contributed by atoms with Crippen LogP contribution in [0.5, 0.6) is 0 Å². The number of hydrogen-bond donors (Lipinski definition) is 1. The Morgan fingerprint density at radius 3 is 2.41 bits per heavy atom. The van der Waals surface area contributed by atoms with Gasteiger partial charge in [-0.2, -0.15) is 0 Å². The van der Waals surface area contributed by atoms with Gasteiger partial charge in [-0.1, -0.05) is 56.5 Å². The smallest absolute Gasteiger partial charge is 0.243 e. The van der Waals surface area contributed by atoms with E-state index in [9.17, 15) is 14.0 Å². The quantitative estimate of drug-likeness (QED) is 0.476. The third-order valence-electron chi connectivity index (χ3n) is 5.93. The molecule has 2 aromatic rings. The van der Waals surface area contributed by atoms with Crippen molar-refractivity contribution in [3.05, 3.63) is 66.0 Å². The van der Waals surface area contributed by atoms with Crippen LogP contribution in [0.25, 0.3) is 0 Å². The van der Waals surface area contributed by atoms with Gasteiger partial charge >= 0.3 is 0 Å². The highest BCUT2D eigenvalue weighted by Gasteiger charge is 2.30. The zero-order valence-corrected chi connectivity index (χ0v) is 19.6. The maximum absolute atomic E-state index is 13.4. The molecule has 6 heteroatoms. The van der Waals surface area contributed by atoms with E-state index in [1.54, 1.807) is 28.8 Å². The van der Waals surface area contributed by atoms with Crippen molar-refractivity contribution in [2.75, 3.05) is 5.75 Å². The molecule has 0 aromatic heterocycles. The van der Waals surface area contributed by atoms with Crippen LogP contribution < -0.4 is 5.32 Å². The molecule has 1 saturated carbocycles. The summed E-state index contributed by atoms with van der Waals surface area (Å²) in [4.78, 5) is 29.2. The monoisotopic (exact) mass is 456 g/mol. The lowest BCUT2D eigenvalue weighted by Gasteiger charge is -2.33. The summed E-state index contributed by atoms with van der Waals surface area (Å²) < 4.78 is 13.4. The second-order valence-electron chi connectivity index (χ2n) is 8.33. The fourth-order valence-electron chi connectivity index (χ4n) is 4.17. The van der Waals surface area contributed by atoms with Gasteiger partial charge in [0.15, 0.2) is 0 Å². The van der Waals surface area contributed by atoms with Gasteiger partial charge in [-0.15, -0.1) is 11.8 Å². The molecule has 0 aliphatic heterocycles. The van der Waals surface area contributed by atoms with E-state index in [-0.39, 0.29) is 23.7 Å². The molecule has 1 atom stereocenters. The SMILES string of the molecule is CC[C@@H](C(=O)NC1CCCCC1)N(Cc1ccc(F)cc1)C(=O)CCSc1ccccc1. The number of amides is 2. The average Bonchev–Trinajstić information content (AvgIpc) is 2.81. The highest BCUT2D eigenvalue weighted by Crippen LogP contribution is 2.21. The number of carbonyl (C=O) groups is 2. The molecule has 0 radical (unpaired) electrons. The molecule has 1 fully saturated rings. The first-order chi connectivity index (χ1) is 15.6. The summed E-state index contributed by atoms with van der Waals surface area (Å²) in [7, 11) is 0. The predicted molar refractivity (Wildman–Crippen MR) is 128 cm³/mol. The molecular formula is C26H33FN2O2S. The van der Waals surface area contributed by atoms with Crippen molar-refractivity contribution in [3.63, 3.8) is 0 Å². The van der Waals surface area contributed by atoms with Gasteiger partial charge in [-0.05, 0) is 49.1 Å². The van der Waals surface area contributed by atoms with Crippen molar-refractivity contribution in [1.82, 2.24) is 10.2 Å². The van der Waals surface area contributed by atoms with Gasteiger partial charge in [0.25, 0.3) is 0 Å². The number of halogens is 1. The molecule has 0 unspecified atom stereocenters. The Bertz CT molecular complexity index is 854. The number of hydrogen-bond acceptors (Lipinski definition) is 3. The largest absolute Gasteiger partial charge is 0.352 e. The highest BCUT2D eigenvalue weighted by molar-refractivity contribution is 7.99. The van der Waals surface area contributed by atoms with Gasteiger partial charge < -0.3 is 10.2 Å². The van der Waals surface area contributed by atoms with Crippen LogP contribution >= 0.6 is 11.8 Å². The molecular weight excluding hydrogens is 423 g/mol. The number of nitrogens with one attached hydrogen (secondary N) is 1. The lowest BCUT2D eigenvalue weighted by Crippen LogP contribution is -2.51. The van der Waals surface area contributed by atoms with E-state index in [0.29, 0.717) is 25.1 Å². The number of rotatable bonds is 10. The summed E-state index contributed by atoms with van der Waals surface area (Å²) in [6, 6.07) is 15.8. The molecule has 0 spiro atoms. The second kappa shape index (κ2) is 12.6. The predicted octanol–water partition coefficient (Wildman–Crippen LogP) is 5.56. The first kappa shape index (κ1) is 24.3. The van der Waals surface area contributed by atoms with E-state index in [1.807, 2.05) is 37.3 Å². The molecule has 32 heavy (non-hydrogen) atoms. The van der Waals surface area contributed by atoms with Crippen LogP contribution in [0.4, 0.5) is 4.39 Å². The topological polar surface area (TPSA) is 49.4 Å². The van der Waals surface area contributed by atoms with Crippen molar-refractivity contribution in [1.29, 1.82) is 0 Å². The highest BCUT2D eigenvalue weighted by atomic mass is 32.2. The van der Waals surface area contributed by atoms with E-state index in [4.69, 9.17) is 0 Å². The number of benzene rings is 2. The minimum atomic E-state index is -0.531. The van der Waals surface area contributed by atoms with Crippen molar-refractivity contribution in [3.8, 4) is 0 Å². The van der Waals surface area contributed by atoms with Crippen LogP contribution in [0.3, 0.4) is 0 Å². The lowest BCUT2D eigenvalue weighted by molar-refractivity contribution is -0.141. The Hall–Kier alpha value is -2.34. The van der Waals surface area contributed by atoms with Gasteiger partial charge in [0, 0.05) is 29.7 Å². The first-order valence-electron chi connectivity index (χ1n) is 11.6. The van der Waals surface area contributed by atoms with Crippen molar-refractivity contribution in [2.45, 2.75) is 75.4 Å². The summed E-state index contributed by atoms with van der Waals surface area (Å²) >= 11 is 1.63. The van der Waals surface area contributed by atoms with Crippen LogP contribution in [-0.2, 0) is 16.1 Å². The Morgan fingerprint density at radius 1 is 1.06 bits per heavy atom. The molecule has 4 nitrogen and oxygen atoms in total. The van der Waals surface area contributed by atoms with Crippen LogP contribution in [0, 0.1) is 5.82 Å². The zero-order chi connectivity index (χ0) is 22.8. The molecule has 0 heterocycles.